The van der Waals surface area contributed by atoms with Gasteiger partial charge in [-0.15, -0.1) is 6.58 Å². The van der Waals surface area contributed by atoms with E-state index in [0.29, 0.717) is 23.1 Å². The third-order valence-corrected chi connectivity index (χ3v) is 5.19. The number of ether oxygens (including phenoxy) is 2. The zero-order valence-corrected chi connectivity index (χ0v) is 17.4. The van der Waals surface area contributed by atoms with Crippen LogP contribution in [0.5, 0.6) is 5.75 Å². The van der Waals surface area contributed by atoms with E-state index in [1.807, 2.05) is 10.7 Å². The Bertz CT molecular complexity index is 787. The Morgan fingerprint density at radius 3 is 2.81 bits per heavy atom. The van der Waals surface area contributed by atoms with Gasteiger partial charge in [-0.25, -0.2) is 9.67 Å². The van der Waals surface area contributed by atoms with Crippen molar-refractivity contribution in [3.05, 3.63) is 53.1 Å². The van der Waals surface area contributed by atoms with Crippen molar-refractivity contribution >= 4 is 23.2 Å². The van der Waals surface area contributed by atoms with Crippen LogP contribution < -0.4 is 4.74 Å². The summed E-state index contributed by atoms with van der Waals surface area (Å²) in [6, 6.07) is 3.59. The summed E-state index contributed by atoms with van der Waals surface area (Å²) >= 11 is 12.4. The molecule has 3 unspecified atom stereocenters. The number of benzene rings is 1. The minimum absolute atomic E-state index is 0.0395. The van der Waals surface area contributed by atoms with Crippen molar-refractivity contribution in [3.63, 3.8) is 0 Å². The second kappa shape index (κ2) is 8.21. The molecule has 0 amide bonds. The van der Waals surface area contributed by atoms with Crippen LogP contribution in [0.4, 0.5) is 0 Å². The van der Waals surface area contributed by atoms with Crippen LogP contribution in [-0.2, 0) is 11.2 Å². The number of hydrogen-bond donors (Lipinski definition) is 0. The third kappa shape index (κ3) is 4.65. The summed E-state index contributed by atoms with van der Waals surface area (Å²) in [7, 11) is 0. The lowest BCUT2D eigenvalue weighted by molar-refractivity contribution is -0.0506. The van der Waals surface area contributed by atoms with E-state index in [9.17, 15) is 0 Å². The van der Waals surface area contributed by atoms with Crippen LogP contribution in [0.25, 0.3) is 0 Å². The third-order valence-electron chi connectivity index (χ3n) is 4.69. The van der Waals surface area contributed by atoms with E-state index in [1.165, 1.54) is 0 Å². The van der Waals surface area contributed by atoms with Gasteiger partial charge in [0, 0.05) is 23.4 Å². The highest BCUT2D eigenvalue weighted by molar-refractivity contribution is 6.35. The first-order chi connectivity index (χ1) is 12.8. The van der Waals surface area contributed by atoms with Crippen molar-refractivity contribution in [2.75, 3.05) is 6.61 Å². The maximum atomic E-state index is 6.31. The van der Waals surface area contributed by atoms with Crippen LogP contribution in [0.15, 0.2) is 37.4 Å². The summed E-state index contributed by atoms with van der Waals surface area (Å²) in [5.41, 5.74) is 0.931. The van der Waals surface area contributed by atoms with Crippen LogP contribution in [0.1, 0.15) is 38.8 Å². The summed E-state index contributed by atoms with van der Waals surface area (Å²) < 4.78 is 14.2. The topological polar surface area (TPSA) is 49.2 Å². The zero-order valence-electron chi connectivity index (χ0n) is 15.9. The molecule has 0 aliphatic carbocycles. The average Bonchev–Trinajstić information content (AvgIpc) is 3.22. The van der Waals surface area contributed by atoms with Gasteiger partial charge in [0.15, 0.2) is 0 Å². The monoisotopic (exact) mass is 409 g/mol. The molecule has 1 aromatic carbocycles. The summed E-state index contributed by atoms with van der Waals surface area (Å²) in [6.07, 6.45) is 6.37. The minimum Gasteiger partial charge on any atom is -0.488 e. The molecule has 2 aromatic rings. The SMILES string of the molecule is C=CCOC(C(CC1Cc2cc(Cl)cc(Cl)c2O1)n1cncn1)C(C)(C)C. The molecule has 0 radical (unpaired) electrons. The molecule has 0 saturated heterocycles. The number of nitrogens with zero attached hydrogens (tertiary/aromatic N) is 3. The molecular formula is C20H25Cl2N3O2. The highest BCUT2D eigenvalue weighted by Crippen LogP contribution is 2.41. The van der Waals surface area contributed by atoms with Gasteiger partial charge >= 0.3 is 0 Å². The van der Waals surface area contributed by atoms with Gasteiger partial charge in [0.1, 0.15) is 24.5 Å². The lowest BCUT2D eigenvalue weighted by atomic mass is 9.82. The molecule has 3 atom stereocenters. The average molecular weight is 410 g/mol. The Morgan fingerprint density at radius 2 is 2.19 bits per heavy atom. The first kappa shape index (κ1) is 20.2. The second-order valence-electron chi connectivity index (χ2n) is 7.91. The molecule has 0 bridgehead atoms. The molecule has 27 heavy (non-hydrogen) atoms. The summed E-state index contributed by atoms with van der Waals surface area (Å²) in [5, 5.41) is 5.55. The highest BCUT2D eigenvalue weighted by Gasteiger charge is 2.38. The van der Waals surface area contributed by atoms with Crippen LogP contribution in [-0.4, -0.2) is 33.6 Å². The fraction of sp³-hybridized carbons (Fsp3) is 0.500. The van der Waals surface area contributed by atoms with E-state index in [1.54, 1.807) is 24.8 Å². The lowest BCUT2D eigenvalue weighted by Crippen LogP contribution is -2.40. The number of fused-ring (bicyclic) bond motifs is 1. The lowest BCUT2D eigenvalue weighted by Gasteiger charge is -2.37. The predicted octanol–water partition coefficient (Wildman–Crippen LogP) is 5.14. The molecule has 1 aromatic heterocycles. The van der Waals surface area contributed by atoms with Crippen molar-refractivity contribution in [3.8, 4) is 5.75 Å². The van der Waals surface area contributed by atoms with Crippen LogP contribution in [0.2, 0.25) is 10.0 Å². The largest absolute Gasteiger partial charge is 0.488 e. The van der Waals surface area contributed by atoms with E-state index in [2.05, 4.69) is 37.4 Å². The van der Waals surface area contributed by atoms with Crippen molar-refractivity contribution in [2.45, 2.75) is 51.9 Å². The first-order valence-corrected chi connectivity index (χ1v) is 9.76. The Kier molecular flexibility index (Phi) is 6.14. The fourth-order valence-electron chi connectivity index (χ4n) is 3.62. The van der Waals surface area contributed by atoms with Gasteiger partial charge in [0.25, 0.3) is 0 Å². The smallest absolute Gasteiger partial charge is 0.141 e. The molecule has 2 heterocycles. The minimum atomic E-state index is -0.105. The molecular weight excluding hydrogens is 385 g/mol. The number of hydrogen-bond acceptors (Lipinski definition) is 4. The normalized spacial score (nSPS) is 18.6. The van der Waals surface area contributed by atoms with Crippen LogP contribution in [0, 0.1) is 5.41 Å². The standard InChI is InChI=1S/C20H25Cl2N3O2/c1-5-6-26-19(20(2,3)4)17(25-12-23-11-24-25)10-15-8-13-7-14(21)9-16(22)18(13)27-15/h5,7,9,11-12,15,17,19H,1,6,8,10H2,2-4H3. The fourth-order valence-corrected chi connectivity index (χ4v) is 4.20. The number of aromatic nitrogens is 3. The molecule has 0 saturated carbocycles. The van der Waals surface area contributed by atoms with Crippen molar-refractivity contribution < 1.29 is 9.47 Å². The summed E-state index contributed by atoms with van der Waals surface area (Å²) in [5.74, 6) is 0.725. The maximum absolute atomic E-state index is 6.31. The second-order valence-corrected chi connectivity index (χ2v) is 8.75. The van der Waals surface area contributed by atoms with Gasteiger partial charge in [0.2, 0.25) is 0 Å². The van der Waals surface area contributed by atoms with Crippen molar-refractivity contribution in [1.29, 1.82) is 0 Å². The van der Waals surface area contributed by atoms with E-state index >= 15 is 0 Å². The van der Waals surface area contributed by atoms with Crippen LogP contribution >= 0.6 is 23.2 Å². The molecule has 0 fully saturated rings. The van der Waals surface area contributed by atoms with Crippen molar-refractivity contribution in [1.82, 2.24) is 14.8 Å². The molecule has 0 spiro atoms. The molecule has 0 N–H and O–H groups in total. The Balaban J connectivity index is 1.85. The number of halogens is 2. The molecule has 1 aliphatic heterocycles. The first-order valence-electron chi connectivity index (χ1n) is 9.00. The Morgan fingerprint density at radius 1 is 1.41 bits per heavy atom. The van der Waals surface area contributed by atoms with E-state index < -0.39 is 0 Å². The van der Waals surface area contributed by atoms with Gasteiger partial charge in [-0.2, -0.15) is 5.10 Å². The molecule has 7 heteroatoms. The quantitative estimate of drug-likeness (QED) is 0.594. The molecule has 1 aliphatic rings. The van der Waals surface area contributed by atoms with Gasteiger partial charge < -0.3 is 9.47 Å². The molecule has 146 valence electrons. The van der Waals surface area contributed by atoms with Gasteiger partial charge in [-0.1, -0.05) is 50.0 Å². The molecule has 3 rings (SSSR count). The predicted molar refractivity (Wildman–Crippen MR) is 108 cm³/mol. The van der Waals surface area contributed by atoms with Gasteiger partial charge in [-0.3, -0.25) is 0 Å². The van der Waals surface area contributed by atoms with Gasteiger partial charge in [-0.05, 0) is 17.5 Å². The zero-order chi connectivity index (χ0) is 19.6. The van der Waals surface area contributed by atoms with E-state index in [4.69, 9.17) is 32.7 Å². The van der Waals surface area contributed by atoms with Crippen LogP contribution in [0.3, 0.4) is 0 Å². The summed E-state index contributed by atoms with van der Waals surface area (Å²) in [6.45, 7) is 10.7. The van der Waals surface area contributed by atoms with E-state index in [-0.39, 0.29) is 23.7 Å². The molecule has 5 nitrogen and oxygen atoms in total. The number of rotatable bonds is 7. The maximum Gasteiger partial charge on any atom is 0.141 e. The van der Waals surface area contributed by atoms with E-state index in [0.717, 1.165) is 17.7 Å². The summed E-state index contributed by atoms with van der Waals surface area (Å²) in [4.78, 5) is 4.12. The highest BCUT2D eigenvalue weighted by atomic mass is 35.5. The van der Waals surface area contributed by atoms with Gasteiger partial charge in [0.05, 0.1) is 23.8 Å². The Labute approximate surface area is 170 Å². The Hall–Kier alpha value is -1.56. The van der Waals surface area contributed by atoms with Crippen molar-refractivity contribution in [2.24, 2.45) is 5.41 Å².